The number of nitrogens with two attached hydrogens (primary N) is 1. The standard InChI is InChI=1S/C4H10N2O.ClH/c1-2-3(7)4(5)6;/h3,7H,2H2,1H3,(H3,5,6);1H. The number of rotatable bonds is 2. The van der Waals surface area contributed by atoms with Crippen molar-refractivity contribution < 1.29 is 5.11 Å². The van der Waals surface area contributed by atoms with Crippen molar-refractivity contribution in [1.29, 1.82) is 5.41 Å². The van der Waals surface area contributed by atoms with Gasteiger partial charge in [0.05, 0.1) is 0 Å². The van der Waals surface area contributed by atoms with Crippen molar-refractivity contribution in [2.24, 2.45) is 5.73 Å². The number of halogens is 1. The third-order valence-electron chi connectivity index (χ3n) is 0.746. The van der Waals surface area contributed by atoms with Crippen LogP contribution >= 0.6 is 12.4 Å². The van der Waals surface area contributed by atoms with Gasteiger partial charge < -0.3 is 10.8 Å². The molecular weight excluding hydrogens is 128 g/mol. The van der Waals surface area contributed by atoms with Gasteiger partial charge in [-0.2, -0.15) is 0 Å². The first-order valence-corrected chi connectivity index (χ1v) is 2.20. The highest BCUT2D eigenvalue weighted by atomic mass is 35.5. The molecule has 50 valence electrons. The van der Waals surface area contributed by atoms with Crippen molar-refractivity contribution in [2.75, 3.05) is 0 Å². The zero-order chi connectivity index (χ0) is 5.86. The molecule has 8 heavy (non-hydrogen) atoms. The first kappa shape index (κ1) is 10.7. The molecule has 0 aliphatic heterocycles. The van der Waals surface area contributed by atoms with Crippen molar-refractivity contribution in [3.8, 4) is 0 Å². The fraction of sp³-hybridized carbons (Fsp3) is 0.750. The number of hydrogen-bond acceptors (Lipinski definition) is 2. The maximum atomic E-state index is 8.59. The van der Waals surface area contributed by atoms with E-state index in [4.69, 9.17) is 16.2 Å². The minimum Gasteiger partial charge on any atom is -0.385 e. The zero-order valence-corrected chi connectivity index (χ0v) is 5.53. The van der Waals surface area contributed by atoms with Crippen LogP contribution in [0.3, 0.4) is 0 Å². The predicted octanol–water partition coefficient (Wildman–Crippen LogP) is 0.115. The van der Waals surface area contributed by atoms with Crippen LogP contribution in [0, 0.1) is 5.41 Å². The van der Waals surface area contributed by atoms with Crippen LogP contribution in [-0.2, 0) is 0 Å². The summed E-state index contributed by atoms with van der Waals surface area (Å²) in [4.78, 5) is 0. The van der Waals surface area contributed by atoms with Gasteiger partial charge in [0.2, 0.25) is 0 Å². The van der Waals surface area contributed by atoms with Gasteiger partial charge >= 0.3 is 0 Å². The van der Waals surface area contributed by atoms with E-state index in [-0.39, 0.29) is 18.2 Å². The molecule has 0 aromatic rings. The third-order valence-corrected chi connectivity index (χ3v) is 0.746. The highest BCUT2D eigenvalue weighted by Gasteiger charge is 2.00. The second kappa shape index (κ2) is 4.87. The number of amidine groups is 1. The minimum atomic E-state index is -0.736. The van der Waals surface area contributed by atoms with Gasteiger partial charge in [0.25, 0.3) is 0 Å². The minimum absolute atomic E-state index is 0. The lowest BCUT2D eigenvalue weighted by molar-refractivity contribution is 0.235. The van der Waals surface area contributed by atoms with Gasteiger partial charge in [-0.05, 0) is 6.42 Å². The van der Waals surface area contributed by atoms with E-state index in [2.05, 4.69) is 0 Å². The molecule has 0 saturated carbocycles. The summed E-state index contributed by atoms with van der Waals surface area (Å²) in [5, 5.41) is 15.2. The van der Waals surface area contributed by atoms with Crippen LogP contribution in [0.1, 0.15) is 13.3 Å². The summed E-state index contributed by atoms with van der Waals surface area (Å²) in [7, 11) is 0. The highest BCUT2D eigenvalue weighted by Crippen LogP contribution is 1.84. The fourth-order valence-electron chi connectivity index (χ4n) is 0.220. The summed E-state index contributed by atoms with van der Waals surface area (Å²) in [5.41, 5.74) is 4.88. The van der Waals surface area contributed by atoms with E-state index >= 15 is 0 Å². The molecule has 0 saturated heterocycles. The smallest absolute Gasteiger partial charge is 0.120 e. The first-order chi connectivity index (χ1) is 3.18. The number of aliphatic hydroxyl groups excluding tert-OH is 1. The number of nitrogens with one attached hydrogen (secondary N) is 1. The lowest BCUT2D eigenvalue weighted by Gasteiger charge is -2.01. The van der Waals surface area contributed by atoms with Gasteiger partial charge in [-0.25, -0.2) is 0 Å². The van der Waals surface area contributed by atoms with E-state index in [9.17, 15) is 0 Å². The topological polar surface area (TPSA) is 70.1 Å². The Labute approximate surface area is 54.8 Å². The maximum Gasteiger partial charge on any atom is 0.120 e. The third kappa shape index (κ3) is 3.89. The van der Waals surface area contributed by atoms with E-state index in [1.54, 1.807) is 6.92 Å². The average molecular weight is 139 g/mol. The van der Waals surface area contributed by atoms with Gasteiger partial charge in [-0.1, -0.05) is 6.92 Å². The number of hydrogen-bond donors (Lipinski definition) is 3. The molecule has 0 aromatic carbocycles. The summed E-state index contributed by atoms with van der Waals surface area (Å²) in [6.07, 6.45) is -0.213. The Hall–Kier alpha value is -0.280. The molecule has 0 fully saturated rings. The van der Waals surface area contributed by atoms with E-state index in [0.717, 1.165) is 0 Å². The van der Waals surface area contributed by atoms with Crippen LogP contribution in [0.15, 0.2) is 0 Å². The molecule has 0 aromatic heterocycles. The van der Waals surface area contributed by atoms with Gasteiger partial charge in [-0.3, -0.25) is 5.41 Å². The van der Waals surface area contributed by atoms with Gasteiger partial charge in [0.15, 0.2) is 0 Å². The summed E-state index contributed by atoms with van der Waals surface area (Å²) in [6.45, 7) is 1.77. The van der Waals surface area contributed by atoms with Crippen LogP contribution in [-0.4, -0.2) is 17.0 Å². The molecule has 0 bridgehead atoms. The lowest BCUT2D eigenvalue weighted by atomic mass is 10.3. The molecule has 3 nitrogen and oxygen atoms in total. The largest absolute Gasteiger partial charge is 0.385 e. The molecule has 4 heteroatoms. The van der Waals surface area contributed by atoms with Gasteiger partial charge in [-0.15, -0.1) is 12.4 Å². The lowest BCUT2D eigenvalue weighted by Crippen LogP contribution is -2.26. The van der Waals surface area contributed by atoms with Crippen molar-refractivity contribution in [1.82, 2.24) is 0 Å². The second-order valence-corrected chi connectivity index (χ2v) is 1.38. The van der Waals surface area contributed by atoms with Crippen LogP contribution in [0.2, 0.25) is 0 Å². The maximum absolute atomic E-state index is 8.59. The Kier molecular flexibility index (Phi) is 6.48. The molecule has 4 N–H and O–H groups in total. The summed E-state index contributed by atoms with van der Waals surface area (Å²) in [5.74, 6) is -0.150. The first-order valence-electron chi connectivity index (χ1n) is 2.20. The normalized spacial score (nSPS) is 11.8. The van der Waals surface area contributed by atoms with Crippen molar-refractivity contribution >= 4 is 18.2 Å². The van der Waals surface area contributed by atoms with Gasteiger partial charge in [0, 0.05) is 0 Å². The molecule has 0 amide bonds. The molecule has 0 aliphatic carbocycles. The van der Waals surface area contributed by atoms with E-state index < -0.39 is 6.10 Å². The molecule has 0 rings (SSSR count). The Morgan fingerprint density at radius 1 is 1.88 bits per heavy atom. The Morgan fingerprint density at radius 3 is 2.25 bits per heavy atom. The highest BCUT2D eigenvalue weighted by molar-refractivity contribution is 5.85. The second-order valence-electron chi connectivity index (χ2n) is 1.38. The summed E-state index contributed by atoms with van der Waals surface area (Å²) in [6, 6.07) is 0. The quantitative estimate of drug-likeness (QED) is 0.375. The van der Waals surface area contributed by atoms with Crippen LogP contribution in [0.25, 0.3) is 0 Å². The van der Waals surface area contributed by atoms with Crippen molar-refractivity contribution in [3.63, 3.8) is 0 Å². The predicted molar refractivity (Wildman–Crippen MR) is 35.5 cm³/mol. The molecule has 1 atom stereocenters. The molecule has 0 aliphatic rings. The van der Waals surface area contributed by atoms with Crippen LogP contribution < -0.4 is 5.73 Å². The van der Waals surface area contributed by atoms with Crippen LogP contribution in [0.5, 0.6) is 0 Å². The zero-order valence-electron chi connectivity index (χ0n) is 4.72. The van der Waals surface area contributed by atoms with Gasteiger partial charge in [0.1, 0.15) is 11.9 Å². The molecular formula is C4H11ClN2O. The SMILES string of the molecule is CCC(O)C(=N)N.Cl. The monoisotopic (exact) mass is 138 g/mol. The summed E-state index contributed by atoms with van der Waals surface area (Å²) >= 11 is 0. The van der Waals surface area contributed by atoms with Crippen molar-refractivity contribution in [2.45, 2.75) is 19.4 Å². The van der Waals surface area contributed by atoms with E-state index in [1.165, 1.54) is 0 Å². The molecule has 1 unspecified atom stereocenters. The Bertz CT molecular complexity index is 76.4. The van der Waals surface area contributed by atoms with Crippen LogP contribution in [0.4, 0.5) is 0 Å². The van der Waals surface area contributed by atoms with E-state index in [1.807, 2.05) is 0 Å². The number of aliphatic hydroxyl groups is 1. The molecule has 0 heterocycles. The van der Waals surface area contributed by atoms with E-state index in [0.29, 0.717) is 6.42 Å². The Balaban J connectivity index is 0. The molecule has 0 radical (unpaired) electrons. The average Bonchev–Trinajstić information content (AvgIpc) is 1.65. The Morgan fingerprint density at radius 2 is 2.25 bits per heavy atom. The molecule has 0 spiro atoms. The van der Waals surface area contributed by atoms with Crippen molar-refractivity contribution in [3.05, 3.63) is 0 Å². The fourth-order valence-corrected chi connectivity index (χ4v) is 0.220. The summed E-state index contributed by atoms with van der Waals surface area (Å²) < 4.78 is 0.